The molecule has 2 aliphatic rings. The number of pyridine rings is 2. The Bertz CT molecular complexity index is 1180. The standard InChI is InChI=1S/C27H29ClN4/c1-18(2)31-12-14-32(15-13-31)19(3)21-4-6-23-25(16-21)30-26-17-22(5-7-24(26)27(23)28)20-8-10-29-11-9-20/h4,6,8-11,16,22H,1,3,5,7,12-15,17H2,2H3. The lowest BCUT2D eigenvalue weighted by Crippen LogP contribution is -2.44. The highest BCUT2D eigenvalue weighted by Gasteiger charge is 2.25. The van der Waals surface area contributed by atoms with Crippen LogP contribution in [0.4, 0.5) is 0 Å². The molecule has 5 heteroatoms. The quantitative estimate of drug-likeness (QED) is 0.518. The molecule has 1 aliphatic heterocycles. The molecule has 5 rings (SSSR count). The summed E-state index contributed by atoms with van der Waals surface area (Å²) in [6.45, 7) is 14.4. The van der Waals surface area contributed by atoms with E-state index < -0.39 is 0 Å². The molecule has 32 heavy (non-hydrogen) atoms. The summed E-state index contributed by atoms with van der Waals surface area (Å²) >= 11 is 6.88. The predicted molar refractivity (Wildman–Crippen MR) is 133 cm³/mol. The first-order chi connectivity index (χ1) is 15.5. The summed E-state index contributed by atoms with van der Waals surface area (Å²) in [7, 11) is 0. The normalized spacial score (nSPS) is 18.5. The smallest absolute Gasteiger partial charge is 0.0727 e. The Morgan fingerprint density at radius 1 is 1.03 bits per heavy atom. The SMILES string of the molecule is C=C(C)N1CCN(C(=C)c2ccc3c(Cl)c4c(nc3c2)CC(c2ccncc2)CC4)CC1. The van der Waals surface area contributed by atoms with E-state index in [0.29, 0.717) is 5.92 Å². The van der Waals surface area contributed by atoms with Crippen LogP contribution in [-0.2, 0) is 12.8 Å². The largest absolute Gasteiger partial charge is 0.372 e. The molecule has 1 aliphatic carbocycles. The van der Waals surface area contributed by atoms with Crippen molar-refractivity contribution in [2.45, 2.75) is 32.1 Å². The third kappa shape index (κ3) is 3.88. The molecule has 1 aromatic carbocycles. The van der Waals surface area contributed by atoms with E-state index in [1.165, 1.54) is 11.1 Å². The Balaban J connectivity index is 1.42. The van der Waals surface area contributed by atoms with Crippen LogP contribution in [0.25, 0.3) is 16.6 Å². The second kappa shape index (κ2) is 8.59. The summed E-state index contributed by atoms with van der Waals surface area (Å²) in [4.78, 5) is 13.9. The molecule has 0 bridgehead atoms. The van der Waals surface area contributed by atoms with Crippen LogP contribution in [-0.4, -0.2) is 45.9 Å². The molecule has 1 saturated heterocycles. The van der Waals surface area contributed by atoms with Crippen molar-refractivity contribution in [1.29, 1.82) is 0 Å². The van der Waals surface area contributed by atoms with Crippen LogP contribution in [0.1, 0.15) is 41.6 Å². The van der Waals surface area contributed by atoms with Crippen LogP contribution < -0.4 is 0 Å². The number of hydrogen-bond donors (Lipinski definition) is 0. The Hall–Kier alpha value is -2.85. The second-order valence-corrected chi connectivity index (χ2v) is 9.34. The maximum absolute atomic E-state index is 6.88. The van der Waals surface area contributed by atoms with Crippen LogP contribution in [0.3, 0.4) is 0 Å². The average molecular weight is 445 g/mol. The highest BCUT2D eigenvalue weighted by Crippen LogP contribution is 2.38. The zero-order chi connectivity index (χ0) is 22.2. The fraction of sp³-hybridized carbons (Fsp3) is 0.333. The van der Waals surface area contributed by atoms with E-state index in [4.69, 9.17) is 16.6 Å². The Morgan fingerprint density at radius 3 is 2.47 bits per heavy atom. The van der Waals surface area contributed by atoms with Crippen molar-refractivity contribution >= 4 is 28.2 Å². The second-order valence-electron chi connectivity index (χ2n) is 8.96. The Kier molecular flexibility index (Phi) is 5.64. The summed E-state index contributed by atoms with van der Waals surface area (Å²) in [6.07, 6.45) is 6.73. The summed E-state index contributed by atoms with van der Waals surface area (Å²) in [5, 5.41) is 1.90. The molecular formula is C27H29ClN4. The lowest BCUT2D eigenvalue weighted by Gasteiger charge is -2.38. The van der Waals surface area contributed by atoms with Crippen molar-refractivity contribution in [3.8, 4) is 0 Å². The van der Waals surface area contributed by atoms with Gasteiger partial charge in [0.1, 0.15) is 0 Å². The predicted octanol–water partition coefficient (Wildman–Crippen LogP) is 5.68. The molecule has 3 heterocycles. The molecule has 0 saturated carbocycles. The van der Waals surface area contributed by atoms with E-state index in [-0.39, 0.29) is 0 Å². The lowest BCUT2D eigenvalue weighted by molar-refractivity contribution is 0.215. The summed E-state index contributed by atoms with van der Waals surface area (Å²) in [5.41, 5.74) is 7.95. The van der Waals surface area contributed by atoms with Gasteiger partial charge in [-0.1, -0.05) is 36.9 Å². The van der Waals surface area contributed by atoms with Crippen molar-refractivity contribution in [1.82, 2.24) is 19.8 Å². The molecular weight excluding hydrogens is 416 g/mol. The molecule has 2 aromatic heterocycles. The highest BCUT2D eigenvalue weighted by molar-refractivity contribution is 6.36. The first-order valence-corrected chi connectivity index (χ1v) is 11.7. The molecule has 1 unspecified atom stereocenters. The van der Waals surface area contributed by atoms with Crippen molar-refractivity contribution in [2.75, 3.05) is 26.2 Å². The number of fused-ring (bicyclic) bond motifs is 2. The van der Waals surface area contributed by atoms with Crippen molar-refractivity contribution < 1.29 is 0 Å². The first-order valence-electron chi connectivity index (χ1n) is 11.4. The number of aromatic nitrogens is 2. The number of hydrogen-bond acceptors (Lipinski definition) is 4. The maximum atomic E-state index is 6.88. The number of allylic oxidation sites excluding steroid dienone is 1. The van der Waals surface area contributed by atoms with E-state index in [1.807, 2.05) is 12.4 Å². The Morgan fingerprint density at radius 2 is 1.75 bits per heavy atom. The van der Waals surface area contributed by atoms with E-state index in [1.54, 1.807) is 0 Å². The zero-order valence-electron chi connectivity index (χ0n) is 18.6. The van der Waals surface area contributed by atoms with Gasteiger partial charge >= 0.3 is 0 Å². The van der Waals surface area contributed by atoms with Gasteiger partial charge < -0.3 is 9.80 Å². The molecule has 1 fully saturated rings. The topological polar surface area (TPSA) is 32.3 Å². The van der Waals surface area contributed by atoms with Gasteiger partial charge in [-0.3, -0.25) is 9.97 Å². The third-order valence-corrected chi connectivity index (χ3v) is 7.43. The molecule has 4 nitrogen and oxygen atoms in total. The summed E-state index contributed by atoms with van der Waals surface area (Å²) in [5.74, 6) is 0.467. The van der Waals surface area contributed by atoms with Crippen LogP contribution >= 0.6 is 11.6 Å². The van der Waals surface area contributed by atoms with Gasteiger partial charge in [-0.2, -0.15) is 0 Å². The van der Waals surface area contributed by atoms with Crippen LogP contribution in [0.5, 0.6) is 0 Å². The molecule has 164 valence electrons. The lowest BCUT2D eigenvalue weighted by atomic mass is 9.82. The van der Waals surface area contributed by atoms with Crippen molar-refractivity contribution in [3.05, 3.63) is 89.0 Å². The van der Waals surface area contributed by atoms with Gasteiger partial charge in [-0.25, -0.2) is 0 Å². The number of benzene rings is 1. The molecule has 0 radical (unpaired) electrons. The van der Waals surface area contributed by atoms with Gasteiger partial charge in [0, 0.05) is 61.0 Å². The van der Waals surface area contributed by atoms with Crippen LogP contribution in [0.2, 0.25) is 5.02 Å². The van der Waals surface area contributed by atoms with E-state index in [0.717, 1.165) is 84.0 Å². The van der Waals surface area contributed by atoms with Crippen molar-refractivity contribution in [3.63, 3.8) is 0 Å². The molecule has 0 spiro atoms. The molecule has 0 amide bonds. The fourth-order valence-electron chi connectivity index (χ4n) is 5.03. The van der Waals surface area contributed by atoms with E-state index in [2.05, 4.69) is 65.2 Å². The Labute approximate surface area is 195 Å². The number of piperazine rings is 1. The summed E-state index contributed by atoms with van der Waals surface area (Å²) < 4.78 is 0. The van der Waals surface area contributed by atoms with Gasteiger partial charge in [-0.05, 0) is 67.0 Å². The number of nitrogens with zero attached hydrogens (tertiary/aromatic N) is 4. The number of halogens is 1. The van der Waals surface area contributed by atoms with Crippen LogP contribution in [0, 0.1) is 0 Å². The molecule has 1 atom stereocenters. The first kappa shape index (κ1) is 21.0. The van der Waals surface area contributed by atoms with E-state index >= 15 is 0 Å². The summed E-state index contributed by atoms with van der Waals surface area (Å²) in [6, 6.07) is 10.6. The van der Waals surface area contributed by atoms with Gasteiger partial charge in [0.25, 0.3) is 0 Å². The minimum atomic E-state index is 0.467. The third-order valence-electron chi connectivity index (χ3n) is 7.00. The van der Waals surface area contributed by atoms with Gasteiger partial charge in [-0.15, -0.1) is 0 Å². The van der Waals surface area contributed by atoms with Gasteiger partial charge in [0.05, 0.1) is 10.5 Å². The van der Waals surface area contributed by atoms with Crippen LogP contribution in [0.15, 0.2) is 61.6 Å². The minimum Gasteiger partial charge on any atom is -0.372 e. The molecule has 0 N–H and O–H groups in total. The average Bonchev–Trinajstić information content (AvgIpc) is 2.83. The van der Waals surface area contributed by atoms with Gasteiger partial charge in [0.15, 0.2) is 0 Å². The monoisotopic (exact) mass is 444 g/mol. The van der Waals surface area contributed by atoms with Gasteiger partial charge in [0.2, 0.25) is 0 Å². The number of rotatable bonds is 4. The van der Waals surface area contributed by atoms with Crippen molar-refractivity contribution in [2.24, 2.45) is 0 Å². The van der Waals surface area contributed by atoms with E-state index in [9.17, 15) is 0 Å². The fourth-order valence-corrected chi connectivity index (χ4v) is 5.39. The highest BCUT2D eigenvalue weighted by atomic mass is 35.5. The zero-order valence-corrected chi connectivity index (χ0v) is 19.4. The molecule has 3 aromatic rings. The minimum absolute atomic E-state index is 0.467. The maximum Gasteiger partial charge on any atom is 0.0727 e.